The van der Waals surface area contributed by atoms with Gasteiger partial charge in [0.05, 0.1) is 12.6 Å². The predicted molar refractivity (Wildman–Crippen MR) is 142 cm³/mol. The molecule has 3 aromatic rings. The zero-order chi connectivity index (χ0) is 25.5. The highest BCUT2D eigenvalue weighted by Gasteiger charge is 2.35. The molecule has 1 saturated heterocycles. The second-order valence-electron chi connectivity index (χ2n) is 10.1. The fourth-order valence-electron chi connectivity index (χ4n) is 5.63. The van der Waals surface area contributed by atoms with Gasteiger partial charge in [-0.15, -0.1) is 11.3 Å². The average Bonchev–Trinajstić information content (AvgIpc) is 3.58. The van der Waals surface area contributed by atoms with Crippen molar-refractivity contribution >= 4 is 23.2 Å². The van der Waals surface area contributed by atoms with Gasteiger partial charge >= 0.3 is 0 Å². The van der Waals surface area contributed by atoms with Gasteiger partial charge < -0.3 is 19.3 Å². The molecule has 2 amide bonds. The van der Waals surface area contributed by atoms with E-state index in [0.29, 0.717) is 43.2 Å². The monoisotopic (exact) mass is 517 g/mol. The van der Waals surface area contributed by atoms with Crippen LogP contribution in [0.2, 0.25) is 0 Å². The molecule has 3 aliphatic rings. The molecule has 192 valence electrons. The first-order valence-corrected chi connectivity index (χ1v) is 13.7. The normalized spacial score (nSPS) is 21.1. The fourth-order valence-corrected chi connectivity index (χ4v) is 6.54. The van der Waals surface area contributed by atoms with Gasteiger partial charge in [-0.3, -0.25) is 14.5 Å². The summed E-state index contributed by atoms with van der Waals surface area (Å²) in [4.78, 5) is 34.3. The minimum absolute atomic E-state index is 0.0432. The summed E-state index contributed by atoms with van der Waals surface area (Å²) in [5.74, 6) is 1.35. The number of thiophene rings is 1. The Morgan fingerprint density at radius 2 is 1.81 bits per heavy atom. The number of amides is 2. The van der Waals surface area contributed by atoms with Crippen molar-refractivity contribution < 1.29 is 19.1 Å². The van der Waals surface area contributed by atoms with Gasteiger partial charge in [-0.05, 0) is 61.0 Å². The van der Waals surface area contributed by atoms with E-state index in [2.05, 4.69) is 47.5 Å². The third kappa shape index (κ3) is 4.60. The Labute approximate surface area is 221 Å². The zero-order valence-corrected chi connectivity index (χ0v) is 22.0. The molecule has 0 aliphatic carbocycles. The van der Waals surface area contributed by atoms with E-state index in [-0.39, 0.29) is 30.7 Å². The maximum Gasteiger partial charge on any atom is 0.254 e. The summed E-state index contributed by atoms with van der Waals surface area (Å²) in [7, 11) is 0. The van der Waals surface area contributed by atoms with E-state index in [1.807, 2.05) is 28.1 Å². The maximum atomic E-state index is 13.5. The summed E-state index contributed by atoms with van der Waals surface area (Å²) < 4.78 is 10.8. The molecule has 37 heavy (non-hydrogen) atoms. The van der Waals surface area contributed by atoms with Gasteiger partial charge in [-0.1, -0.05) is 29.8 Å². The average molecular weight is 518 g/mol. The van der Waals surface area contributed by atoms with Gasteiger partial charge in [-0.2, -0.15) is 0 Å². The lowest BCUT2D eigenvalue weighted by atomic mass is 9.92. The van der Waals surface area contributed by atoms with E-state index >= 15 is 0 Å². The van der Waals surface area contributed by atoms with E-state index in [4.69, 9.17) is 9.47 Å². The van der Waals surface area contributed by atoms with Gasteiger partial charge in [0.2, 0.25) is 12.7 Å². The van der Waals surface area contributed by atoms with Crippen LogP contribution in [0.1, 0.15) is 44.9 Å². The van der Waals surface area contributed by atoms with E-state index in [1.54, 1.807) is 18.2 Å². The number of hydrogen-bond acceptors (Lipinski definition) is 6. The lowest BCUT2D eigenvalue weighted by Crippen LogP contribution is -2.57. The third-order valence-corrected chi connectivity index (χ3v) is 8.65. The van der Waals surface area contributed by atoms with Gasteiger partial charge in [0.1, 0.15) is 0 Å². The summed E-state index contributed by atoms with van der Waals surface area (Å²) >= 11 is 1.81. The van der Waals surface area contributed by atoms with Crippen LogP contribution < -0.4 is 9.47 Å². The molecule has 3 aliphatic heterocycles. The molecule has 0 N–H and O–H groups in total. The number of carbonyl (C=O) groups is 2. The second-order valence-corrected chi connectivity index (χ2v) is 11.1. The molecule has 0 spiro atoms. The molecule has 8 heteroatoms. The molecule has 6 rings (SSSR count). The zero-order valence-electron chi connectivity index (χ0n) is 21.2. The van der Waals surface area contributed by atoms with Crippen molar-refractivity contribution in [3.8, 4) is 11.5 Å². The summed E-state index contributed by atoms with van der Waals surface area (Å²) in [6, 6.07) is 16.2. The standard InChI is InChI=1S/C29H31N3O4S/c1-19-3-5-21(6-4-19)28-23-10-14-37-26(23)9-11-31(28)17-27(33)30-12-13-32(20(2)16-30)29(34)22-7-8-24-25(15-22)36-18-35-24/h3-8,10,14-15,20,28H,9,11-13,16-18H2,1-2H3. The highest BCUT2D eigenvalue weighted by molar-refractivity contribution is 7.10. The molecule has 0 saturated carbocycles. The minimum Gasteiger partial charge on any atom is -0.454 e. The van der Waals surface area contributed by atoms with Crippen molar-refractivity contribution in [2.24, 2.45) is 0 Å². The number of fused-ring (bicyclic) bond motifs is 2. The Bertz CT molecular complexity index is 1320. The van der Waals surface area contributed by atoms with Gasteiger partial charge in [-0.25, -0.2) is 0 Å². The maximum absolute atomic E-state index is 13.5. The van der Waals surface area contributed by atoms with Crippen molar-refractivity contribution in [3.63, 3.8) is 0 Å². The minimum atomic E-state index is -0.0756. The number of ether oxygens (including phenoxy) is 2. The van der Waals surface area contributed by atoms with Gasteiger partial charge in [0, 0.05) is 42.7 Å². The summed E-state index contributed by atoms with van der Waals surface area (Å²) in [5, 5.41) is 2.16. The Balaban J connectivity index is 1.13. The number of piperazine rings is 1. The second kappa shape index (κ2) is 9.84. The van der Waals surface area contributed by atoms with Crippen molar-refractivity contribution in [1.29, 1.82) is 0 Å². The number of rotatable bonds is 4. The highest BCUT2D eigenvalue weighted by atomic mass is 32.1. The summed E-state index contributed by atoms with van der Waals surface area (Å²) in [6.45, 7) is 7.09. The van der Waals surface area contributed by atoms with Crippen molar-refractivity contribution in [1.82, 2.24) is 14.7 Å². The van der Waals surface area contributed by atoms with E-state index in [1.165, 1.54) is 21.6 Å². The van der Waals surface area contributed by atoms with Crippen LogP contribution in [-0.2, 0) is 11.2 Å². The lowest BCUT2D eigenvalue weighted by Gasteiger charge is -2.42. The topological polar surface area (TPSA) is 62.3 Å². The van der Waals surface area contributed by atoms with E-state index in [9.17, 15) is 9.59 Å². The van der Waals surface area contributed by atoms with Gasteiger partial charge in [0.25, 0.3) is 5.91 Å². The van der Waals surface area contributed by atoms with Crippen molar-refractivity contribution in [2.45, 2.75) is 32.4 Å². The Morgan fingerprint density at radius 1 is 1.00 bits per heavy atom. The molecule has 1 aromatic heterocycles. The van der Waals surface area contributed by atoms with Gasteiger partial charge in [0.15, 0.2) is 11.5 Å². The van der Waals surface area contributed by atoms with Crippen LogP contribution in [0.15, 0.2) is 53.9 Å². The quantitative estimate of drug-likeness (QED) is 0.521. The van der Waals surface area contributed by atoms with Crippen LogP contribution in [0.25, 0.3) is 0 Å². The molecule has 2 atom stereocenters. The largest absolute Gasteiger partial charge is 0.454 e. The van der Waals surface area contributed by atoms with Crippen LogP contribution in [0, 0.1) is 6.92 Å². The summed E-state index contributed by atoms with van der Waals surface area (Å²) in [6.07, 6.45) is 0.969. The molecule has 1 fully saturated rings. The molecule has 7 nitrogen and oxygen atoms in total. The SMILES string of the molecule is Cc1ccc(C2c3ccsc3CCN2CC(=O)N2CCN(C(=O)c3ccc4c(c3)OCO4)C(C)C2)cc1. The molecule has 0 radical (unpaired) electrons. The predicted octanol–water partition coefficient (Wildman–Crippen LogP) is 4.11. The highest BCUT2D eigenvalue weighted by Crippen LogP contribution is 2.38. The van der Waals surface area contributed by atoms with Crippen molar-refractivity contribution in [2.75, 3.05) is 39.5 Å². The molecule has 0 bridgehead atoms. The van der Waals surface area contributed by atoms with Crippen LogP contribution in [0.5, 0.6) is 11.5 Å². The first-order valence-electron chi connectivity index (χ1n) is 12.8. The Hall–Kier alpha value is -3.36. The van der Waals surface area contributed by atoms with E-state index in [0.717, 1.165) is 13.0 Å². The molecular weight excluding hydrogens is 486 g/mol. The first kappa shape index (κ1) is 24.0. The smallest absolute Gasteiger partial charge is 0.254 e. The number of hydrogen-bond donors (Lipinski definition) is 0. The van der Waals surface area contributed by atoms with Crippen LogP contribution in [0.3, 0.4) is 0 Å². The Kier molecular flexibility index (Phi) is 6.38. The first-order chi connectivity index (χ1) is 18.0. The van der Waals surface area contributed by atoms with Crippen LogP contribution >= 0.6 is 11.3 Å². The molecule has 2 aromatic carbocycles. The fraction of sp³-hybridized carbons (Fsp3) is 0.379. The van der Waals surface area contributed by atoms with Crippen LogP contribution in [-0.4, -0.2) is 72.1 Å². The number of carbonyl (C=O) groups excluding carboxylic acids is 2. The molecule has 2 unspecified atom stereocenters. The number of aryl methyl sites for hydroxylation is 1. The number of benzene rings is 2. The Morgan fingerprint density at radius 3 is 2.62 bits per heavy atom. The van der Waals surface area contributed by atoms with Crippen molar-refractivity contribution in [3.05, 3.63) is 81.0 Å². The molecular formula is C29H31N3O4S. The summed E-state index contributed by atoms with van der Waals surface area (Å²) in [5.41, 5.74) is 4.36. The molecule has 4 heterocycles. The third-order valence-electron chi connectivity index (χ3n) is 7.66. The van der Waals surface area contributed by atoms with Crippen LogP contribution in [0.4, 0.5) is 0 Å². The lowest BCUT2D eigenvalue weighted by molar-refractivity contribution is -0.135. The van der Waals surface area contributed by atoms with E-state index < -0.39 is 0 Å². The number of nitrogens with zero attached hydrogens (tertiary/aromatic N) is 3.